The molecule has 2 aliphatic rings. The number of benzene rings is 2. The highest BCUT2D eigenvalue weighted by Crippen LogP contribution is 2.42. The third-order valence-corrected chi connectivity index (χ3v) is 7.29. The maximum absolute atomic E-state index is 13.2. The molecule has 0 radical (unpaired) electrons. The summed E-state index contributed by atoms with van der Waals surface area (Å²) in [5, 5.41) is 0. The second kappa shape index (κ2) is 7.84. The zero-order valence-corrected chi connectivity index (χ0v) is 19.1. The molecule has 166 valence electrons. The first-order valence-corrected chi connectivity index (χ1v) is 11.9. The Morgan fingerprint density at radius 3 is 2.61 bits per heavy atom. The number of nitrogens with one attached hydrogen (secondary N) is 1. The lowest BCUT2D eigenvalue weighted by atomic mass is 9.90. The molecule has 1 saturated heterocycles. The van der Waals surface area contributed by atoms with Crippen molar-refractivity contribution in [2.75, 3.05) is 18.6 Å². The van der Waals surface area contributed by atoms with E-state index in [0.29, 0.717) is 30.9 Å². The summed E-state index contributed by atoms with van der Waals surface area (Å²) < 4.78 is 40.7. The van der Waals surface area contributed by atoms with Crippen LogP contribution in [-0.4, -0.2) is 33.6 Å². The van der Waals surface area contributed by atoms with Gasteiger partial charge in [0.05, 0.1) is 18.0 Å². The first kappa shape index (κ1) is 21.6. The molecule has 1 fully saturated rings. The summed E-state index contributed by atoms with van der Waals surface area (Å²) in [5.74, 6) is 1.34. The van der Waals surface area contributed by atoms with Crippen molar-refractivity contribution in [3.05, 3.63) is 47.5 Å². The zero-order chi connectivity index (χ0) is 22.4. The van der Waals surface area contributed by atoms with E-state index in [1.807, 2.05) is 26.8 Å². The minimum atomic E-state index is -3.79. The Labute approximate surface area is 183 Å². The number of ether oxygens (including phenoxy) is 2. The second-order valence-electron chi connectivity index (χ2n) is 8.74. The van der Waals surface area contributed by atoms with E-state index in [2.05, 4.69) is 4.72 Å². The third kappa shape index (κ3) is 4.27. The highest BCUT2D eigenvalue weighted by molar-refractivity contribution is 7.89. The van der Waals surface area contributed by atoms with Crippen LogP contribution in [-0.2, 0) is 14.8 Å². The molecule has 0 spiro atoms. The van der Waals surface area contributed by atoms with Crippen LogP contribution in [0.2, 0.25) is 0 Å². The molecule has 2 aromatic carbocycles. The normalized spacial score (nSPS) is 20.3. The van der Waals surface area contributed by atoms with Crippen molar-refractivity contribution < 1.29 is 22.7 Å². The third-order valence-electron chi connectivity index (χ3n) is 5.82. The molecule has 1 unspecified atom stereocenters. The molecule has 2 aromatic rings. The van der Waals surface area contributed by atoms with E-state index in [4.69, 9.17) is 9.47 Å². The van der Waals surface area contributed by atoms with Crippen molar-refractivity contribution in [3.8, 4) is 11.5 Å². The number of anilines is 1. The molecule has 0 aliphatic carbocycles. The van der Waals surface area contributed by atoms with Crippen LogP contribution in [0.25, 0.3) is 0 Å². The molecule has 0 saturated carbocycles. The van der Waals surface area contributed by atoms with Crippen LogP contribution >= 0.6 is 0 Å². The van der Waals surface area contributed by atoms with Gasteiger partial charge < -0.3 is 14.4 Å². The minimum Gasteiger partial charge on any atom is -0.497 e. The molecule has 7 nitrogen and oxygen atoms in total. The predicted molar refractivity (Wildman–Crippen MR) is 118 cm³/mol. The number of aryl methyl sites for hydroxylation is 1. The Morgan fingerprint density at radius 2 is 1.97 bits per heavy atom. The molecule has 1 amide bonds. The lowest BCUT2D eigenvalue weighted by molar-refractivity contribution is -0.117. The number of sulfonamides is 1. The van der Waals surface area contributed by atoms with Gasteiger partial charge in [0, 0.05) is 36.7 Å². The Kier molecular flexibility index (Phi) is 5.47. The van der Waals surface area contributed by atoms with Crippen molar-refractivity contribution in [1.82, 2.24) is 4.72 Å². The van der Waals surface area contributed by atoms with Gasteiger partial charge in [0.1, 0.15) is 17.1 Å². The molecule has 0 bridgehead atoms. The van der Waals surface area contributed by atoms with E-state index in [1.165, 1.54) is 0 Å². The standard InChI is InChI=1S/C23H28N2O5S/c1-15-12-17(8-10-20(15)25-11-5-6-22(25)26)31(27,28)24-19-14-23(2,3)30-21-13-16(29-4)7-9-18(19)21/h7-10,12-13,19,24H,5-6,11,14H2,1-4H3. The quantitative estimate of drug-likeness (QED) is 0.760. The monoisotopic (exact) mass is 444 g/mol. The summed E-state index contributed by atoms with van der Waals surface area (Å²) in [6, 6.07) is 9.90. The zero-order valence-electron chi connectivity index (χ0n) is 18.3. The van der Waals surface area contributed by atoms with Crippen LogP contribution in [0.15, 0.2) is 41.3 Å². The van der Waals surface area contributed by atoms with Gasteiger partial charge in [-0.05, 0) is 57.0 Å². The van der Waals surface area contributed by atoms with Crippen LogP contribution in [0, 0.1) is 6.92 Å². The van der Waals surface area contributed by atoms with Gasteiger partial charge in [-0.25, -0.2) is 13.1 Å². The predicted octanol–water partition coefficient (Wildman–Crippen LogP) is 3.71. The van der Waals surface area contributed by atoms with E-state index in [0.717, 1.165) is 23.2 Å². The number of carbonyl (C=O) groups excluding carboxylic acids is 1. The first-order valence-electron chi connectivity index (χ1n) is 10.4. The van der Waals surface area contributed by atoms with Gasteiger partial charge in [0.25, 0.3) is 0 Å². The Balaban J connectivity index is 1.63. The molecular formula is C23H28N2O5S. The van der Waals surface area contributed by atoms with E-state index in [9.17, 15) is 13.2 Å². The molecule has 31 heavy (non-hydrogen) atoms. The molecule has 0 aromatic heterocycles. The van der Waals surface area contributed by atoms with Crippen LogP contribution in [0.1, 0.15) is 50.3 Å². The summed E-state index contributed by atoms with van der Waals surface area (Å²) in [6.45, 7) is 6.37. The Morgan fingerprint density at radius 1 is 1.19 bits per heavy atom. The van der Waals surface area contributed by atoms with Crippen LogP contribution in [0.5, 0.6) is 11.5 Å². The fraction of sp³-hybridized carbons (Fsp3) is 0.435. The van der Waals surface area contributed by atoms with Gasteiger partial charge >= 0.3 is 0 Å². The number of nitrogens with zero attached hydrogens (tertiary/aromatic N) is 1. The van der Waals surface area contributed by atoms with Crippen LogP contribution in [0.3, 0.4) is 0 Å². The van der Waals surface area contributed by atoms with E-state index >= 15 is 0 Å². The van der Waals surface area contributed by atoms with Gasteiger partial charge in [0.15, 0.2) is 0 Å². The van der Waals surface area contributed by atoms with Crippen molar-refractivity contribution in [2.24, 2.45) is 0 Å². The van der Waals surface area contributed by atoms with Gasteiger partial charge in [0.2, 0.25) is 15.9 Å². The molecule has 8 heteroatoms. The largest absolute Gasteiger partial charge is 0.497 e. The maximum Gasteiger partial charge on any atom is 0.241 e. The van der Waals surface area contributed by atoms with Crippen LogP contribution < -0.4 is 19.1 Å². The molecule has 4 rings (SSSR count). The van der Waals surface area contributed by atoms with E-state index < -0.39 is 21.7 Å². The average Bonchev–Trinajstić information content (AvgIpc) is 3.11. The van der Waals surface area contributed by atoms with Crippen molar-refractivity contribution in [3.63, 3.8) is 0 Å². The van der Waals surface area contributed by atoms with Crippen molar-refractivity contribution in [2.45, 2.75) is 56.6 Å². The topological polar surface area (TPSA) is 84.9 Å². The average molecular weight is 445 g/mol. The van der Waals surface area contributed by atoms with E-state index in [1.54, 1.807) is 42.3 Å². The van der Waals surface area contributed by atoms with Crippen LogP contribution in [0.4, 0.5) is 5.69 Å². The molecule has 2 aliphatic heterocycles. The fourth-order valence-corrected chi connectivity index (χ4v) is 5.62. The maximum atomic E-state index is 13.2. The first-order chi connectivity index (χ1) is 14.6. The highest BCUT2D eigenvalue weighted by atomic mass is 32.2. The summed E-state index contributed by atoms with van der Waals surface area (Å²) in [4.78, 5) is 14.0. The Bertz CT molecular complexity index is 1130. The lowest BCUT2D eigenvalue weighted by Gasteiger charge is -2.37. The summed E-state index contributed by atoms with van der Waals surface area (Å²) >= 11 is 0. The number of fused-ring (bicyclic) bond motifs is 1. The highest BCUT2D eigenvalue weighted by Gasteiger charge is 2.36. The van der Waals surface area contributed by atoms with Crippen molar-refractivity contribution in [1.29, 1.82) is 0 Å². The number of rotatable bonds is 5. The summed E-state index contributed by atoms with van der Waals surface area (Å²) in [5.41, 5.74) is 1.77. The fourth-order valence-electron chi connectivity index (χ4n) is 4.32. The minimum absolute atomic E-state index is 0.0771. The number of methoxy groups -OCH3 is 1. The van der Waals surface area contributed by atoms with Gasteiger partial charge in [-0.15, -0.1) is 0 Å². The molecule has 1 atom stereocenters. The number of hydrogen-bond acceptors (Lipinski definition) is 5. The number of hydrogen-bond donors (Lipinski definition) is 1. The summed E-state index contributed by atoms with van der Waals surface area (Å²) in [6.07, 6.45) is 1.85. The second-order valence-corrected chi connectivity index (χ2v) is 10.5. The van der Waals surface area contributed by atoms with Gasteiger partial charge in [-0.3, -0.25) is 4.79 Å². The van der Waals surface area contributed by atoms with Crippen molar-refractivity contribution >= 4 is 21.6 Å². The Hall–Kier alpha value is -2.58. The molecular weight excluding hydrogens is 416 g/mol. The lowest BCUT2D eigenvalue weighted by Crippen LogP contribution is -2.41. The van der Waals surface area contributed by atoms with E-state index in [-0.39, 0.29) is 10.8 Å². The SMILES string of the molecule is COc1ccc2c(c1)OC(C)(C)CC2NS(=O)(=O)c1ccc(N2CCCC2=O)c(C)c1. The smallest absolute Gasteiger partial charge is 0.241 e. The molecule has 2 heterocycles. The number of carbonyl (C=O) groups is 1. The number of amides is 1. The summed E-state index contributed by atoms with van der Waals surface area (Å²) in [7, 11) is -2.20. The molecule has 1 N–H and O–H groups in total. The van der Waals surface area contributed by atoms with Gasteiger partial charge in [-0.1, -0.05) is 6.07 Å². The van der Waals surface area contributed by atoms with Gasteiger partial charge in [-0.2, -0.15) is 0 Å².